The third kappa shape index (κ3) is 69.5. The maximum absolute atomic E-state index is 13.1. The molecule has 0 aromatic heterocycles. The molecule has 0 saturated carbocycles. The van der Waals surface area contributed by atoms with E-state index in [2.05, 4.69) is 55.4 Å². The van der Waals surface area contributed by atoms with Crippen LogP contribution in [0.1, 0.15) is 396 Å². The van der Waals surface area contributed by atoms with E-state index in [9.17, 15) is 43.2 Å². The third-order valence-corrected chi connectivity index (χ3v) is 20.7. The van der Waals surface area contributed by atoms with Crippen molar-refractivity contribution in [3.8, 4) is 0 Å². The summed E-state index contributed by atoms with van der Waals surface area (Å²) in [6.45, 7) is 14.2. The quantitative estimate of drug-likeness (QED) is 0.0222. The minimum atomic E-state index is -4.96. The Labute approximate surface area is 594 Å². The molecule has 0 rings (SSSR count). The molecule has 0 aliphatic rings. The molecule has 576 valence electrons. The van der Waals surface area contributed by atoms with Crippen molar-refractivity contribution in [1.29, 1.82) is 0 Å². The van der Waals surface area contributed by atoms with Gasteiger partial charge in [0.05, 0.1) is 26.4 Å². The average Bonchev–Trinajstić information content (AvgIpc) is 1.33. The fraction of sp³-hybridized carbons (Fsp3) is 0.949. The van der Waals surface area contributed by atoms with Crippen molar-refractivity contribution in [2.24, 2.45) is 23.7 Å². The van der Waals surface area contributed by atoms with Gasteiger partial charge in [-0.1, -0.05) is 344 Å². The van der Waals surface area contributed by atoms with Crippen molar-refractivity contribution >= 4 is 39.5 Å². The van der Waals surface area contributed by atoms with Gasteiger partial charge in [0.25, 0.3) is 0 Å². The Morgan fingerprint density at radius 3 is 0.732 bits per heavy atom. The number of esters is 4. The molecule has 0 aromatic rings. The summed E-state index contributed by atoms with van der Waals surface area (Å²) < 4.78 is 68.6. The monoisotopic (exact) mass is 1420 g/mol. The molecule has 19 heteroatoms. The van der Waals surface area contributed by atoms with Gasteiger partial charge >= 0.3 is 39.5 Å². The highest BCUT2D eigenvalue weighted by Gasteiger charge is 2.30. The lowest BCUT2D eigenvalue weighted by molar-refractivity contribution is -0.161. The van der Waals surface area contributed by atoms with Gasteiger partial charge < -0.3 is 33.8 Å². The molecule has 97 heavy (non-hydrogen) atoms. The van der Waals surface area contributed by atoms with Crippen molar-refractivity contribution in [3.05, 3.63) is 0 Å². The van der Waals surface area contributed by atoms with Crippen LogP contribution in [0.2, 0.25) is 0 Å². The van der Waals surface area contributed by atoms with Crippen LogP contribution >= 0.6 is 15.6 Å². The summed E-state index contributed by atoms with van der Waals surface area (Å²) in [6, 6.07) is 0. The number of phosphoric ester groups is 2. The molecule has 0 heterocycles. The fourth-order valence-electron chi connectivity index (χ4n) is 11.8. The Hall–Kier alpha value is -1.94. The zero-order valence-electron chi connectivity index (χ0n) is 63.7. The predicted octanol–water partition coefficient (Wildman–Crippen LogP) is 22.8. The van der Waals surface area contributed by atoms with Crippen LogP contribution in [0, 0.1) is 23.7 Å². The van der Waals surface area contributed by atoms with Crippen LogP contribution in [0.25, 0.3) is 0 Å². The normalized spacial score (nSPS) is 14.6. The van der Waals surface area contributed by atoms with Crippen LogP contribution in [0.4, 0.5) is 0 Å². The minimum Gasteiger partial charge on any atom is -0.462 e. The van der Waals surface area contributed by atoms with Crippen LogP contribution in [-0.4, -0.2) is 96.7 Å². The third-order valence-electron chi connectivity index (χ3n) is 18.8. The van der Waals surface area contributed by atoms with E-state index in [4.69, 9.17) is 37.0 Å². The lowest BCUT2D eigenvalue weighted by Gasteiger charge is -2.21. The molecule has 0 aliphatic carbocycles. The number of ether oxygens (including phenoxy) is 4. The summed E-state index contributed by atoms with van der Waals surface area (Å²) in [5, 5.41) is 10.6. The highest BCUT2D eigenvalue weighted by molar-refractivity contribution is 7.47. The highest BCUT2D eigenvalue weighted by Crippen LogP contribution is 2.45. The van der Waals surface area contributed by atoms with E-state index in [1.165, 1.54) is 193 Å². The van der Waals surface area contributed by atoms with Crippen LogP contribution in [0.15, 0.2) is 0 Å². The van der Waals surface area contributed by atoms with Gasteiger partial charge in [-0.05, 0) is 49.4 Å². The minimum absolute atomic E-state index is 0.104. The van der Waals surface area contributed by atoms with Crippen molar-refractivity contribution in [3.63, 3.8) is 0 Å². The topological polar surface area (TPSA) is 237 Å². The first-order valence-corrected chi connectivity index (χ1v) is 43.3. The smallest absolute Gasteiger partial charge is 0.462 e. The van der Waals surface area contributed by atoms with Crippen molar-refractivity contribution in [1.82, 2.24) is 0 Å². The number of hydrogen-bond acceptors (Lipinski definition) is 15. The Balaban J connectivity index is 5.20. The Kier molecular flexibility index (Phi) is 65.9. The summed E-state index contributed by atoms with van der Waals surface area (Å²) in [4.78, 5) is 72.9. The number of aliphatic hydroxyl groups is 1. The van der Waals surface area contributed by atoms with Gasteiger partial charge in [0.15, 0.2) is 12.2 Å². The zero-order chi connectivity index (χ0) is 71.7. The Bertz CT molecular complexity index is 1910. The van der Waals surface area contributed by atoms with Gasteiger partial charge in [-0.25, -0.2) is 9.13 Å². The van der Waals surface area contributed by atoms with E-state index in [1.54, 1.807) is 0 Å². The lowest BCUT2D eigenvalue weighted by atomic mass is 9.99. The fourth-order valence-corrected chi connectivity index (χ4v) is 13.4. The van der Waals surface area contributed by atoms with Crippen molar-refractivity contribution in [2.75, 3.05) is 39.6 Å². The molecular weight excluding hydrogens is 1270 g/mol. The molecule has 17 nitrogen and oxygen atoms in total. The van der Waals surface area contributed by atoms with E-state index in [0.29, 0.717) is 25.7 Å². The number of aliphatic hydroxyl groups excluding tert-OH is 1. The molecule has 0 aromatic carbocycles. The number of rotatable bonds is 75. The van der Waals surface area contributed by atoms with Crippen LogP contribution in [-0.2, 0) is 65.4 Å². The van der Waals surface area contributed by atoms with Crippen LogP contribution in [0.5, 0.6) is 0 Å². The van der Waals surface area contributed by atoms with E-state index >= 15 is 0 Å². The van der Waals surface area contributed by atoms with E-state index in [1.807, 2.05) is 0 Å². The molecule has 0 amide bonds. The van der Waals surface area contributed by atoms with Gasteiger partial charge in [-0.15, -0.1) is 0 Å². The summed E-state index contributed by atoms with van der Waals surface area (Å²) >= 11 is 0. The van der Waals surface area contributed by atoms with Crippen molar-refractivity contribution < 1.29 is 80.2 Å². The average molecular weight is 1420 g/mol. The van der Waals surface area contributed by atoms with Gasteiger partial charge in [0, 0.05) is 25.7 Å². The SMILES string of the molecule is CCC(C)CCCCCCCCCCCCC(=O)O[C@H](COC(=O)CCCCCCCCCCCCCCCCCCCCC(C)C)COP(=O)(O)OC[C@@H](O)COP(=O)(O)OC[C@@H](COC(=O)CCCCCCCCC(C)CC)OC(=O)CCCCCCCCCCCC(C)C. The Morgan fingerprint density at radius 1 is 0.289 bits per heavy atom. The maximum Gasteiger partial charge on any atom is 0.472 e. The van der Waals surface area contributed by atoms with Gasteiger partial charge in [-0.3, -0.25) is 37.3 Å². The maximum atomic E-state index is 13.1. The number of phosphoric acid groups is 2. The molecule has 4 unspecified atom stereocenters. The van der Waals surface area contributed by atoms with Crippen molar-refractivity contribution in [2.45, 2.75) is 414 Å². The van der Waals surface area contributed by atoms with Crippen LogP contribution in [0.3, 0.4) is 0 Å². The Morgan fingerprint density at radius 2 is 0.495 bits per heavy atom. The van der Waals surface area contributed by atoms with E-state index in [0.717, 1.165) is 120 Å². The molecule has 0 saturated heterocycles. The highest BCUT2D eigenvalue weighted by atomic mass is 31.2. The second-order valence-corrected chi connectivity index (χ2v) is 32.4. The molecule has 0 spiro atoms. The van der Waals surface area contributed by atoms with Gasteiger partial charge in [-0.2, -0.15) is 0 Å². The number of carbonyl (C=O) groups excluding carboxylic acids is 4. The van der Waals surface area contributed by atoms with Gasteiger partial charge in [0.1, 0.15) is 19.3 Å². The van der Waals surface area contributed by atoms with Crippen LogP contribution < -0.4 is 0 Å². The number of unbranched alkanes of at least 4 members (excludes halogenated alkanes) is 39. The molecule has 0 fully saturated rings. The summed E-state index contributed by atoms with van der Waals surface area (Å²) in [6.07, 6.45) is 52.8. The largest absolute Gasteiger partial charge is 0.472 e. The second kappa shape index (κ2) is 67.2. The summed E-state index contributed by atoms with van der Waals surface area (Å²) in [7, 11) is -9.92. The number of hydrogen-bond donors (Lipinski definition) is 3. The van der Waals surface area contributed by atoms with E-state index in [-0.39, 0.29) is 25.7 Å². The second-order valence-electron chi connectivity index (χ2n) is 29.5. The summed E-state index contributed by atoms with van der Waals surface area (Å²) in [5.74, 6) is 0.972. The van der Waals surface area contributed by atoms with Gasteiger partial charge in [0.2, 0.25) is 0 Å². The first kappa shape index (κ1) is 95.1. The zero-order valence-corrected chi connectivity index (χ0v) is 65.5. The molecule has 0 bridgehead atoms. The standard InChI is InChI=1S/C78H152O17P2/c1-9-70(7)56-48-40-32-26-21-22-28-34-44-52-60-77(82)94-73(64-88-75(80)58-50-42-33-27-20-18-16-14-12-11-13-15-17-19-24-30-38-46-54-68(3)4)66-92-96(84,85)90-62-72(79)63-91-97(86,87)93-67-74(65-89-76(81)59-51-43-37-36-41-49-57-71(8)10-2)95-78(83)61-53-45-35-29-23-25-31-39-47-55-69(5)6/h68-74,79H,9-67H2,1-8H3,(H,84,85)(H,86,87)/t70?,71?,72-,73-,74-/m1/s1. The summed E-state index contributed by atoms with van der Waals surface area (Å²) in [5.41, 5.74) is 0. The molecule has 7 atom stereocenters. The predicted molar refractivity (Wildman–Crippen MR) is 395 cm³/mol. The first-order valence-electron chi connectivity index (χ1n) is 40.3. The lowest BCUT2D eigenvalue weighted by Crippen LogP contribution is -2.30. The molecule has 0 radical (unpaired) electrons. The molecule has 3 N–H and O–H groups in total. The van der Waals surface area contributed by atoms with E-state index < -0.39 is 97.5 Å². The molecule has 0 aliphatic heterocycles. The number of carbonyl (C=O) groups is 4. The molecular formula is C78H152O17P2. The first-order chi connectivity index (χ1) is 46.7.